The first-order valence-corrected chi connectivity index (χ1v) is 8.82. The second-order valence-corrected chi connectivity index (χ2v) is 7.13. The van der Waals surface area contributed by atoms with Gasteiger partial charge in [-0.05, 0) is 31.2 Å². The maximum absolute atomic E-state index is 12.3. The summed E-state index contributed by atoms with van der Waals surface area (Å²) in [7, 11) is 0. The van der Waals surface area contributed by atoms with Gasteiger partial charge in [0.15, 0.2) is 4.34 Å². The molecule has 0 aliphatic rings. The maximum atomic E-state index is 12.3. The molecule has 7 nitrogen and oxygen atoms in total. The Balaban J connectivity index is 1.85. The van der Waals surface area contributed by atoms with Crippen LogP contribution in [-0.4, -0.2) is 20.8 Å². The number of pyridine rings is 1. The van der Waals surface area contributed by atoms with Crippen molar-refractivity contribution in [3.05, 3.63) is 69.5 Å². The fourth-order valence-corrected chi connectivity index (χ4v) is 3.88. The number of amides is 1. The normalized spacial score (nSPS) is 10.4. The zero-order valence-electron chi connectivity index (χ0n) is 13.0. The molecular formula is C16H12N4O3S2. The van der Waals surface area contributed by atoms with E-state index in [1.165, 1.54) is 29.2 Å². The van der Waals surface area contributed by atoms with Crippen LogP contribution >= 0.6 is 23.1 Å². The highest BCUT2D eigenvalue weighted by Crippen LogP contribution is 2.36. The zero-order valence-corrected chi connectivity index (χ0v) is 14.6. The van der Waals surface area contributed by atoms with Crippen molar-refractivity contribution in [3.63, 3.8) is 0 Å². The number of thiazole rings is 1. The molecule has 126 valence electrons. The van der Waals surface area contributed by atoms with E-state index in [2.05, 4.69) is 15.3 Å². The number of aryl methyl sites for hydroxylation is 1. The molecular weight excluding hydrogens is 360 g/mol. The van der Waals surface area contributed by atoms with Gasteiger partial charge in [0.25, 0.3) is 11.6 Å². The summed E-state index contributed by atoms with van der Waals surface area (Å²) in [4.78, 5) is 31.8. The van der Waals surface area contributed by atoms with Gasteiger partial charge in [0.05, 0.1) is 9.82 Å². The van der Waals surface area contributed by atoms with Crippen molar-refractivity contribution in [2.45, 2.75) is 16.2 Å². The summed E-state index contributed by atoms with van der Waals surface area (Å²) in [5.74, 6) is -0.420. The zero-order chi connectivity index (χ0) is 17.8. The number of carbonyl (C=O) groups excluding carboxylic acids is 1. The molecule has 0 aliphatic heterocycles. The smallest absolute Gasteiger partial charge is 0.284 e. The van der Waals surface area contributed by atoms with E-state index < -0.39 is 10.8 Å². The van der Waals surface area contributed by atoms with E-state index in [9.17, 15) is 14.9 Å². The highest BCUT2D eigenvalue weighted by atomic mass is 32.2. The number of anilines is 1. The summed E-state index contributed by atoms with van der Waals surface area (Å²) in [6.07, 6.45) is 3.10. The Bertz CT molecular complexity index is 928. The van der Waals surface area contributed by atoms with E-state index in [1.54, 1.807) is 36.7 Å². The van der Waals surface area contributed by atoms with Crippen LogP contribution in [0.15, 0.2) is 57.3 Å². The second-order valence-electron chi connectivity index (χ2n) is 4.99. The Labute approximate surface area is 151 Å². The van der Waals surface area contributed by atoms with Crippen LogP contribution in [-0.2, 0) is 0 Å². The van der Waals surface area contributed by atoms with Crippen LogP contribution in [0.25, 0.3) is 0 Å². The molecule has 1 aromatic carbocycles. The third-order valence-corrected chi connectivity index (χ3v) is 5.27. The molecule has 0 saturated heterocycles. The number of aromatic nitrogens is 2. The van der Waals surface area contributed by atoms with Crippen LogP contribution in [0.1, 0.15) is 16.1 Å². The summed E-state index contributed by atoms with van der Waals surface area (Å²) in [5.41, 5.74) is 1.52. The van der Waals surface area contributed by atoms with E-state index >= 15 is 0 Å². The van der Waals surface area contributed by atoms with Gasteiger partial charge in [-0.3, -0.25) is 19.9 Å². The van der Waals surface area contributed by atoms with E-state index in [-0.39, 0.29) is 11.3 Å². The minimum Gasteiger partial charge on any atom is -0.322 e. The van der Waals surface area contributed by atoms with Gasteiger partial charge < -0.3 is 5.32 Å². The molecule has 1 N–H and O–H groups in total. The Kier molecular flexibility index (Phi) is 5.05. The van der Waals surface area contributed by atoms with Crippen LogP contribution in [0, 0.1) is 17.0 Å². The molecule has 0 bridgehead atoms. The van der Waals surface area contributed by atoms with E-state index in [0.717, 1.165) is 10.0 Å². The Morgan fingerprint density at radius 2 is 2.04 bits per heavy atom. The minimum absolute atomic E-state index is 0.125. The molecule has 25 heavy (non-hydrogen) atoms. The van der Waals surface area contributed by atoms with Crippen LogP contribution in [0.4, 0.5) is 11.4 Å². The van der Waals surface area contributed by atoms with E-state index in [1.807, 2.05) is 12.3 Å². The number of nitro benzene ring substituents is 1. The van der Waals surface area contributed by atoms with Gasteiger partial charge in [0, 0.05) is 40.8 Å². The van der Waals surface area contributed by atoms with Gasteiger partial charge in [0.1, 0.15) is 0 Å². The molecule has 0 spiro atoms. The van der Waals surface area contributed by atoms with Gasteiger partial charge in [-0.1, -0.05) is 11.8 Å². The first-order chi connectivity index (χ1) is 12.0. The van der Waals surface area contributed by atoms with Gasteiger partial charge in [-0.15, -0.1) is 11.3 Å². The van der Waals surface area contributed by atoms with Crippen molar-refractivity contribution in [2.24, 2.45) is 0 Å². The van der Waals surface area contributed by atoms with Crippen molar-refractivity contribution in [1.29, 1.82) is 0 Å². The quantitative estimate of drug-likeness (QED) is 0.533. The molecule has 1 amide bonds. The molecule has 0 atom stereocenters. The second kappa shape index (κ2) is 7.41. The SMILES string of the molecule is Cc1csc(Sc2ccc(C(=O)Nc3ccncc3)cc2[N+](=O)[O-])n1. The fourth-order valence-electron chi connectivity index (χ4n) is 2.00. The predicted octanol–water partition coefficient (Wildman–Crippen LogP) is 4.16. The highest BCUT2D eigenvalue weighted by Gasteiger charge is 2.19. The summed E-state index contributed by atoms with van der Waals surface area (Å²) >= 11 is 2.63. The third-order valence-electron chi connectivity index (χ3n) is 3.15. The highest BCUT2D eigenvalue weighted by molar-refractivity contribution is 8.01. The summed E-state index contributed by atoms with van der Waals surface area (Å²) in [6.45, 7) is 1.86. The Morgan fingerprint density at radius 1 is 1.28 bits per heavy atom. The van der Waals surface area contributed by atoms with Gasteiger partial charge in [-0.25, -0.2) is 4.98 Å². The number of nitro groups is 1. The standard InChI is InChI=1S/C16H12N4O3S2/c1-10-9-24-16(18-10)25-14-3-2-11(8-13(14)20(22)23)15(21)19-12-4-6-17-7-5-12/h2-9H,1H3,(H,17,19,21). The third kappa shape index (κ3) is 4.20. The molecule has 3 aromatic rings. The van der Waals surface area contributed by atoms with Gasteiger partial charge >= 0.3 is 0 Å². The first-order valence-electron chi connectivity index (χ1n) is 7.13. The number of nitrogens with zero attached hydrogens (tertiary/aromatic N) is 3. The topological polar surface area (TPSA) is 98.0 Å². The average molecular weight is 372 g/mol. The number of carbonyl (C=O) groups is 1. The predicted molar refractivity (Wildman–Crippen MR) is 96.3 cm³/mol. The van der Waals surface area contributed by atoms with Crippen molar-refractivity contribution >= 4 is 40.4 Å². The van der Waals surface area contributed by atoms with Crippen molar-refractivity contribution in [2.75, 3.05) is 5.32 Å². The lowest BCUT2D eigenvalue weighted by molar-refractivity contribution is -0.387. The monoisotopic (exact) mass is 372 g/mol. The molecule has 0 unspecified atom stereocenters. The lowest BCUT2D eigenvalue weighted by Gasteiger charge is -2.06. The molecule has 0 aliphatic carbocycles. The number of hydrogen-bond acceptors (Lipinski definition) is 7. The van der Waals surface area contributed by atoms with Crippen LogP contribution in [0.5, 0.6) is 0 Å². The Morgan fingerprint density at radius 3 is 2.68 bits per heavy atom. The maximum Gasteiger partial charge on any atom is 0.284 e. The molecule has 2 heterocycles. The Hall–Kier alpha value is -2.78. The molecule has 9 heteroatoms. The lowest BCUT2D eigenvalue weighted by Crippen LogP contribution is -2.12. The summed E-state index contributed by atoms with van der Waals surface area (Å²) in [5, 5.41) is 15.9. The van der Waals surface area contributed by atoms with Crippen LogP contribution < -0.4 is 5.32 Å². The largest absolute Gasteiger partial charge is 0.322 e. The minimum atomic E-state index is -0.494. The van der Waals surface area contributed by atoms with Crippen molar-refractivity contribution in [1.82, 2.24) is 9.97 Å². The lowest BCUT2D eigenvalue weighted by atomic mass is 10.2. The summed E-state index contributed by atoms with van der Waals surface area (Å²) in [6, 6.07) is 7.69. The molecule has 2 aromatic heterocycles. The van der Waals surface area contributed by atoms with Gasteiger partial charge in [-0.2, -0.15) is 0 Å². The molecule has 0 radical (unpaired) electrons. The van der Waals surface area contributed by atoms with Crippen LogP contribution in [0.3, 0.4) is 0 Å². The van der Waals surface area contributed by atoms with Crippen molar-refractivity contribution < 1.29 is 9.72 Å². The average Bonchev–Trinajstić information content (AvgIpc) is 3.00. The fraction of sp³-hybridized carbons (Fsp3) is 0.0625. The molecule has 0 fully saturated rings. The van der Waals surface area contributed by atoms with Crippen molar-refractivity contribution in [3.8, 4) is 0 Å². The number of rotatable bonds is 5. The first kappa shape index (κ1) is 17.1. The van der Waals surface area contributed by atoms with E-state index in [4.69, 9.17) is 0 Å². The van der Waals surface area contributed by atoms with Crippen LogP contribution in [0.2, 0.25) is 0 Å². The number of nitrogens with one attached hydrogen (secondary N) is 1. The number of hydrogen-bond donors (Lipinski definition) is 1. The summed E-state index contributed by atoms with van der Waals surface area (Å²) < 4.78 is 0.717. The van der Waals surface area contributed by atoms with E-state index in [0.29, 0.717) is 10.6 Å². The molecule has 3 rings (SSSR count). The molecule has 0 saturated carbocycles. The number of benzene rings is 1. The van der Waals surface area contributed by atoms with Gasteiger partial charge in [0.2, 0.25) is 0 Å².